The Hall–Kier alpha value is -5.61. The lowest BCUT2D eigenvalue weighted by atomic mass is 9.96. The van der Waals surface area contributed by atoms with Crippen molar-refractivity contribution in [2.24, 2.45) is 0 Å². The predicted octanol–water partition coefficient (Wildman–Crippen LogP) is 1.73. The fourth-order valence-electron chi connectivity index (χ4n) is 5.52. The van der Waals surface area contributed by atoms with Gasteiger partial charge in [-0.1, -0.05) is 42.5 Å². The number of anilines is 1. The molecular formula is C34H38N7O12P. The number of alkyl carbamates (subject to hydrolysis) is 1. The number of esters is 2. The lowest BCUT2D eigenvalue weighted by molar-refractivity contribution is -0.143. The van der Waals surface area contributed by atoms with Gasteiger partial charge < -0.3 is 44.7 Å². The Bertz CT molecular complexity index is 2040. The summed E-state index contributed by atoms with van der Waals surface area (Å²) in [5.41, 5.74) is 5.50. The highest BCUT2D eigenvalue weighted by molar-refractivity contribution is 7.52. The standard InChI is InChI=1S/C34H38N7O12P/c1-20(31(44)48-2)40-54(47,51-18-34(17-35)29(43)27(42)28(52-34)25-13-14-26-30(36)37-19-38-41(25)26)53-23-11-9-21(10-12-23)15-24(32(45)49-3)39-33(46)50-16-22-7-5-4-6-8-22/h4-14,19-20,24,27-29,42-43H,15-16,18H2,1-3H3,(H,39,46)(H,40,47)(H2,36,37,38)/t20-,24?,27-,28-,29-,34+,54?/m0/s1. The van der Waals surface area contributed by atoms with Crippen LogP contribution in [0, 0.1) is 11.3 Å². The molecule has 4 aromatic rings. The first-order valence-electron chi connectivity index (χ1n) is 16.3. The van der Waals surface area contributed by atoms with Gasteiger partial charge >= 0.3 is 25.8 Å². The molecule has 3 heterocycles. The fourth-order valence-corrected chi connectivity index (χ4v) is 7.04. The number of aromatic nitrogens is 3. The van der Waals surface area contributed by atoms with E-state index < -0.39 is 68.4 Å². The van der Waals surface area contributed by atoms with Crippen molar-refractivity contribution in [3.05, 3.63) is 89.9 Å². The molecule has 1 fully saturated rings. The number of aliphatic hydroxyl groups is 2. The van der Waals surface area contributed by atoms with Crippen molar-refractivity contribution < 1.29 is 57.2 Å². The molecule has 1 aliphatic heterocycles. The Labute approximate surface area is 308 Å². The number of nitrogens with zero attached hydrogens (tertiary/aromatic N) is 4. The first-order valence-corrected chi connectivity index (χ1v) is 17.8. The maximum absolute atomic E-state index is 14.2. The SMILES string of the molecule is COC(=O)C(Cc1ccc(OP(=O)(N[C@@H](C)C(=O)OC)OC[C@@]2(C#N)O[C@@H](c3ccc4c(N)ncnn34)[C@H](O)[C@@H]2O)cc1)NC(=O)OCc1ccccc1. The number of rotatable bonds is 15. The summed E-state index contributed by atoms with van der Waals surface area (Å²) in [4.78, 5) is 41.2. The van der Waals surface area contributed by atoms with Crippen LogP contribution < -0.4 is 20.7 Å². The summed E-state index contributed by atoms with van der Waals surface area (Å²) in [5, 5.41) is 41.3. The van der Waals surface area contributed by atoms with Crippen LogP contribution >= 0.6 is 7.75 Å². The molecule has 0 saturated carbocycles. The molecule has 5 rings (SSSR count). The maximum Gasteiger partial charge on any atom is 0.459 e. The van der Waals surface area contributed by atoms with E-state index in [1.165, 1.54) is 55.2 Å². The lowest BCUT2D eigenvalue weighted by Crippen LogP contribution is -2.46. The van der Waals surface area contributed by atoms with Crippen LogP contribution in [0.4, 0.5) is 10.6 Å². The number of nitriles is 1. The van der Waals surface area contributed by atoms with E-state index in [1.54, 1.807) is 36.4 Å². The lowest BCUT2D eigenvalue weighted by Gasteiger charge is -2.28. The van der Waals surface area contributed by atoms with Gasteiger partial charge in [0.05, 0.1) is 19.9 Å². The van der Waals surface area contributed by atoms with Gasteiger partial charge in [0.25, 0.3) is 0 Å². The largest absolute Gasteiger partial charge is 0.468 e. The Morgan fingerprint density at radius 3 is 2.43 bits per heavy atom. The minimum Gasteiger partial charge on any atom is -0.468 e. The van der Waals surface area contributed by atoms with Crippen LogP contribution in [0.3, 0.4) is 0 Å². The quantitative estimate of drug-likeness (QED) is 0.0655. The molecule has 2 aromatic carbocycles. The summed E-state index contributed by atoms with van der Waals surface area (Å²) in [6.07, 6.45) is -4.57. The summed E-state index contributed by atoms with van der Waals surface area (Å²) in [6.45, 7) is 0.390. The van der Waals surface area contributed by atoms with E-state index in [9.17, 15) is 34.4 Å². The number of methoxy groups -OCH3 is 2. The van der Waals surface area contributed by atoms with E-state index in [0.717, 1.165) is 12.7 Å². The van der Waals surface area contributed by atoms with Gasteiger partial charge in [0, 0.05) is 6.42 Å². The summed E-state index contributed by atoms with van der Waals surface area (Å²) in [7, 11) is -2.34. The van der Waals surface area contributed by atoms with Crippen LogP contribution in [-0.2, 0) is 50.7 Å². The van der Waals surface area contributed by atoms with Crippen LogP contribution in [0.5, 0.6) is 5.75 Å². The third-order valence-corrected chi connectivity index (χ3v) is 10.00. The number of carbonyl (C=O) groups is 3. The molecule has 286 valence electrons. The number of nitrogens with one attached hydrogen (secondary N) is 2. The molecular weight excluding hydrogens is 729 g/mol. The second-order valence-electron chi connectivity index (χ2n) is 12.0. The van der Waals surface area contributed by atoms with Crippen LogP contribution in [0.1, 0.15) is 29.8 Å². The van der Waals surface area contributed by atoms with Gasteiger partial charge in [-0.25, -0.2) is 23.7 Å². The Morgan fingerprint density at radius 1 is 1.06 bits per heavy atom. The molecule has 2 aromatic heterocycles. The van der Waals surface area contributed by atoms with E-state index in [4.69, 9.17) is 33.7 Å². The average Bonchev–Trinajstić information content (AvgIpc) is 3.72. The maximum atomic E-state index is 14.2. The van der Waals surface area contributed by atoms with Gasteiger partial charge in [0.1, 0.15) is 67.3 Å². The molecule has 7 atom stereocenters. The summed E-state index contributed by atoms with van der Waals surface area (Å²) in [6, 6.07) is 17.2. The van der Waals surface area contributed by atoms with E-state index in [-0.39, 0.29) is 30.3 Å². The van der Waals surface area contributed by atoms with Gasteiger partial charge in [-0.15, -0.1) is 0 Å². The van der Waals surface area contributed by atoms with Crippen LogP contribution in [0.15, 0.2) is 73.1 Å². The Morgan fingerprint density at radius 2 is 1.76 bits per heavy atom. The zero-order valence-electron chi connectivity index (χ0n) is 29.2. The number of ether oxygens (including phenoxy) is 4. The van der Waals surface area contributed by atoms with Crippen molar-refractivity contribution in [2.45, 2.75) is 55.9 Å². The van der Waals surface area contributed by atoms with Crippen LogP contribution in [0.2, 0.25) is 0 Å². The molecule has 54 heavy (non-hydrogen) atoms. The smallest absolute Gasteiger partial charge is 0.459 e. The number of amides is 1. The first kappa shape index (κ1) is 39.6. The molecule has 1 amide bonds. The molecule has 1 saturated heterocycles. The minimum absolute atomic E-state index is 0.0194. The van der Waals surface area contributed by atoms with Crippen molar-refractivity contribution >= 4 is 37.1 Å². The van der Waals surface area contributed by atoms with Gasteiger partial charge in [-0.05, 0) is 42.3 Å². The second kappa shape index (κ2) is 17.0. The molecule has 20 heteroatoms. The monoisotopic (exact) mass is 767 g/mol. The number of aliphatic hydroxyl groups excluding tert-OH is 2. The fraction of sp³-hybridized carbons (Fsp3) is 0.353. The van der Waals surface area contributed by atoms with Crippen molar-refractivity contribution in [3.63, 3.8) is 0 Å². The number of benzene rings is 2. The molecule has 0 radical (unpaired) electrons. The van der Waals surface area contributed by atoms with E-state index in [0.29, 0.717) is 11.1 Å². The first-order chi connectivity index (χ1) is 25.8. The van der Waals surface area contributed by atoms with Gasteiger partial charge in [0.15, 0.2) is 5.82 Å². The third kappa shape index (κ3) is 8.94. The molecule has 1 aliphatic rings. The average molecular weight is 768 g/mol. The van der Waals surface area contributed by atoms with Gasteiger partial charge in [-0.2, -0.15) is 15.4 Å². The molecule has 2 unspecified atom stereocenters. The Kier molecular flexibility index (Phi) is 12.5. The highest BCUT2D eigenvalue weighted by Gasteiger charge is 2.57. The molecule has 0 aliphatic carbocycles. The number of carbonyl (C=O) groups excluding carboxylic acids is 3. The summed E-state index contributed by atoms with van der Waals surface area (Å²) in [5.74, 6) is -1.48. The van der Waals surface area contributed by atoms with Crippen molar-refractivity contribution in [1.29, 1.82) is 5.26 Å². The topological polar surface area (TPSA) is 268 Å². The highest BCUT2D eigenvalue weighted by Crippen LogP contribution is 2.48. The Balaban J connectivity index is 1.30. The molecule has 6 N–H and O–H groups in total. The van der Waals surface area contributed by atoms with Crippen molar-refractivity contribution in [1.82, 2.24) is 25.0 Å². The molecule has 19 nitrogen and oxygen atoms in total. The zero-order chi connectivity index (χ0) is 39.0. The number of hydrogen-bond donors (Lipinski definition) is 5. The summed E-state index contributed by atoms with van der Waals surface area (Å²) < 4.78 is 47.5. The second-order valence-corrected chi connectivity index (χ2v) is 13.7. The molecule has 0 bridgehead atoms. The number of nitrogen functional groups attached to an aromatic ring is 1. The van der Waals surface area contributed by atoms with E-state index in [2.05, 4.69) is 20.5 Å². The third-order valence-electron chi connectivity index (χ3n) is 8.38. The number of nitrogens with two attached hydrogens (primary N) is 1. The van der Waals surface area contributed by atoms with Crippen LogP contribution in [0.25, 0.3) is 5.52 Å². The van der Waals surface area contributed by atoms with Crippen LogP contribution in [-0.4, -0.2) is 93.6 Å². The van der Waals surface area contributed by atoms with Crippen molar-refractivity contribution in [2.75, 3.05) is 26.6 Å². The van der Waals surface area contributed by atoms with Crippen molar-refractivity contribution in [3.8, 4) is 11.8 Å². The number of hydrogen-bond acceptors (Lipinski definition) is 16. The molecule has 0 spiro atoms. The predicted molar refractivity (Wildman–Crippen MR) is 186 cm³/mol. The van der Waals surface area contributed by atoms with E-state index >= 15 is 0 Å². The van der Waals surface area contributed by atoms with E-state index in [1.807, 2.05) is 6.07 Å². The minimum atomic E-state index is -4.62. The highest BCUT2D eigenvalue weighted by atomic mass is 31.2. The van der Waals surface area contributed by atoms with Gasteiger partial charge in [0.2, 0.25) is 5.60 Å². The normalized spacial score (nSPS) is 21.6. The zero-order valence-corrected chi connectivity index (χ0v) is 30.1. The number of fused-ring (bicyclic) bond motifs is 1. The summed E-state index contributed by atoms with van der Waals surface area (Å²) >= 11 is 0. The van der Waals surface area contributed by atoms with Gasteiger partial charge in [-0.3, -0.25) is 9.32 Å².